The summed E-state index contributed by atoms with van der Waals surface area (Å²) in [6, 6.07) is 0.529. The highest BCUT2D eigenvalue weighted by molar-refractivity contribution is 8.00. The zero-order chi connectivity index (χ0) is 13.7. The second kappa shape index (κ2) is 6.86. The first-order chi connectivity index (χ1) is 9.20. The van der Waals surface area contributed by atoms with Crippen LogP contribution in [0.3, 0.4) is 0 Å². The fourth-order valence-electron chi connectivity index (χ4n) is 2.04. The van der Waals surface area contributed by atoms with Crippen molar-refractivity contribution in [2.45, 2.75) is 49.9 Å². The topological polar surface area (TPSA) is 66.5 Å². The molecule has 0 aliphatic rings. The van der Waals surface area contributed by atoms with Gasteiger partial charge in [-0.2, -0.15) is 0 Å². The van der Waals surface area contributed by atoms with E-state index in [1.165, 1.54) is 6.42 Å². The van der Waals surface area contributed by atoms with Crippen LogP contribution in [0.25, 0.3) is 11.2 Å². The van der Waals surface area contributed by atoms with Gasteiger partial charge in [0.2, 0.25) is 0 Å². The third kappa shape index (κ3) is 3.91. The van der Waals surface area contributed by atoms with Crippen LogP contribution in [0.4, 0.5) is 0 Å². The molecule has 0 aliphatic carbocycles. The Labute approximate surface area is 118 Å². The molecule has 2 atom stereocenters. The summed E-state index contributed by atoms with van der Waals surface area (Å²) in [6.07, 6.45) is 5.54. The molecule has 2 rings (SSSR count). The van der Waals surface area contributed by atoms with E-state index >= 15 is 0 Å². The molecule has 6 heteroatoms. The summed E-state index contributed by atoms with van der Waals surface area (Å²) in [7, 11) is 0. The van der Waals surface area contributed by atoms with Gasteiger partial charge in [-0.25, -0.2) is 15.0 Å². The molecule has 0 fully saturated rings. The minimum atomic E-state index is 0.501. The molecular weight excluding hydrogens is 258 g/mol. The number of H-pyrrole nitrogens is 1. The van der Waals surface area contributed by atoms with E-state index < -0.39 is 0 Å². The van der Waals surface area contributed by atoms with Crippen LogP contribution in [0.1, 0.15) is 33.6 Å². The number of fused-ring (bicyclic) bond motifs is 1. The van der Waals surface area contributed by atoms with Crippen molar-refractivity contribution in [1.29, 1.82) is 0 Å². The van der Waals surface area contributed by atoms with E-state index in [0.717, 1.165) is 29.2 Å². The number of aromatic nitrogens is 4. The average Bonchev–Trinajstić information content (AvgIpc) is 2.85. The van der Waals surface area contributed by atoms with E-state index in [4.69, 9.17) is 0 Å². The third-order valence-electron chi connectivity index (χ3n) is 2.93. The summed E-state index contributed by atoms with van der Waals surface area (Å²) in [5.41, 5.74) is 1.68. The molecule has 19 heavy (non-hydrogen) atoms. The van der Waals surface area contributed by atoms with Crippen LogP contribution in [0.2, 0.25) is 0 Å². The first-order valence-corrected chi connectivity index (χ1v) is 7.62. The molecule has 2 aromatic rings. The van der Waals surface area contributed by atoms with Crippen molar-refractivity contribution in [2.75, 3.05) is 6.54 Å². The molecule has 2 unspecified atom stereocenters. The average molecular weight is 279 g/mol. The van der Waals surface area contributed by atoms with Gasteiger partial charge in [0.15, 0.2) is 5.65 Å². The Bertz CT molecular complexity index is 512. The fourth-order valence-corrected chi connectivity index (χ4v) is 3.18. The molecule has 2 aromatic heterocycles. The highest BCUT2D eigenvalue weighted by atomic mass is 32.2. The summed E-state index contributed by atoms with van der Waals surface area (Å²) < 4.78 is 0. The standard InChI is InChI=1S/C13H21N5S/c1-4-5-14-9(2)6-10(3)19-13-11-12(16-7-15-11)17-8-18-13/h7-10,14H,4-6H2,1-3H3,(H,15,16,17,18). The SMILES string of the molecule is CCCNC(C)CC(C)Sc1ncnc2nc[nH]c12. The van der Waals surface area contributed by atoms with E-state index in [1.54, 1.807) is 24.4 Å². The summed E-state index contributed by atoms with van der Waals surface area (Å²) >= 11 is 1.78. The van der Waals surface area contributed by atoms with Crippen LogP contribution < -0.4 is 5.32 Å². The van der Waals surface area contributed by atoms with Crippen molar-refractivity contribution in [2.24, 2.45) is 0 Å². The van der Waals surface area contributed by atoms with Gasteiger partial charge in [0, 0.05) is 11.3 Å². The molecule has 2 N–H and O–H groups in total. The Morgan fingerprint density at radius 3 is 2.95 bits per heavy atom. The van der Waals surface area contributed by atoms with Gasteiger partial charge in [-0.15, -0.1) is 11.8 Å². The number of nitrogens with one attached hydrogen (secondary N) is 2. The third-order valence-corrected chi connectivity index (χ3v) is 4.06. The zero-order valence-corrected chi connectivity index (χ0v) is 12.5. The lowest BCUT2D eigenvalue weighted by Gasteiger charge is -2.17. The fraction of sp³-hybridized carbons (Fsp3) is 0.615. The van der Waals surface area contributed by atoms with Crippen molar-refractivity contribution in [3.05, 3.63) is 12.7 Å². The molecule has 0 saturated carbocycles. The van der Waals surface area contributed by atoms with Crippen molar-refractivity contribution in [1.82, 2.24) is 25.3 Å². The van der Waals surface area contributed by atoms with Gasteiger partial charge < -0.3 is 10.3 Å². The summed E-state index contributed by atoms with van der Waals surface area (Å²) in [6.45, 7) is 7.74. The lowest BCUT2D eigenvalue weighted by atomic mass is 10.2. The van der Waals surface area contributed by atoms with Crippen LogP contribution in [0.15, 0.2) is 17.7 Å². The van der Waals surface area contributed by atoms with Crippen LogP contribution >= 0.6 is 11.8 Å². The normalized spacial score (nSPS) is 14.7. The molecule has 104 valence electrons. The Morgan fingerprint density at radius 1 is 1.32 bits per heavy atom. The van der Waals surface area contributed by atoms with Gasteiger partial charge in [0.25, 0.3) is 0 Å². The van der Waals surface area contributed by atoms with E-state index in [1.807, 2.05) is 0 Å². The first-order valence-electron chi connectivity index (χ1n) is 6.74. The molecule has 0 radical (unpaired) electrons. The van der Waals surface area contributed by atoms with Gasteiger partial charge in [-0.05, 0) is 26.3 Å². The molecule has 0 aliphatic heterocycles. The number of hydrogen-bond acceptors (Lipinski definition) is 5. The Kier molecular flexibility index (Phi) is 5.15. The number of rotatable bonds is 7. The van der Waals surface area contributed by atoms with Gasteiger partial charge in [0.1, 0.15) is 16.9 Å². The summed E-state index contributed by atoms with van der Waals surface area (Å²) in [4.78, 5) is 15.7. The minimum Gasteiger partial charge on any atom is -0.341 e. The predicted octanol–water partition coefficient (Wildman–Crippen LogP) is 2.61. The van der Waals surface area contributed by atoms with Crippen LogP contribution in [-0.2, 0) is 0 Å². The molecule has 0 bridgehead atoms. The maximum Gasteiger partial charge on any atom is 0.181 e. The van der Waals surface area contributed by atoms with Gasteiger partial charge >= 0.3 is 0 Å². The summed E-state index contributed by atoms with van der Waals surface area (Å²) in [5, 5.41) is 5.00. The second-order valence-electron chi connectivity index (χ2n) is 4.80. The molecule has 5 nitrogen and oxygen atoms in total. The summed E-state index contributed by atoms with van der Waals surface area (Å²) in [5.74, 6) is 0. The molecule has 2 heterocycles. The number of nitrogens with zero attached hydrogens (tertiary/aromatic N) is 3. The highest BCUT2D eigenvalue weighted by Gasteiger charge is 2.13. The van der Waals surface area contributed by atoms with E-state index in [-0.39, 0.29) is 0 Å². The van der Waals surface area contributed by atoms with Gasteiger partial charge in [-0.3, -0.25) is 0 Å². The van der Waals surface area contributed by atoms with E-state index in [2.05, 4.69) is 46.0 Å². The van der Waals surface area contributed by atoms with Gasteiger partial charge in [0.05, 0.1) is 6.33 Å². The highest BCUT2D eigenvalue weighted by Crippen LogP contribution is 2.28. The minimum absolute atomic E-state index is 0.501. The smallest absolute Gasteiger partial charge is 0.181 e. The van der Waals surface area contributed by atoms with Crippen LogP contribution in [0, 0.1) is 0 Å². The number of hydrogen-bond donors (Lipinski definition) is 2. The Morgan fingerprint density at radius 2 is 2.16 bits per heavy atom. The van der Waals surface area contributed by atoms with E-state index in [9.17, 15) is 0 Å². The van der Waals surface area contributed by atoms with Crippen molar-refractivity contribution in [3.8, 4) is 0 Å². The predicted molar refractivity (Wildman–Crippen MR) is 79.4 cm³/mol. The molecule has 0 amide bonds. The van der Waals surface area contributed by atoms with Crippen LogP contribution in [0.5, 0.6) is 0 Å². The number of aromatic amines is 1. The lowest BCUT2D eigenvalue weighted by Crippen LogP contribution is -2.29. The van der Waals surface area contributed by atoms with Crippen molar-refractivity contribution < 1.29 is 0 Å². The zero-order valence-electron chi connectivity index (χ0n) is 11.7. The Hall–Kier alpha value is -1.14. The van der Waals surface area contributed by atoms with Crippen molar-refractivity contribution >= 4 is 22.9 Å². The molecule has 0 saturated heterocycles. The Balaban J connectivity index is 1.95. The lowest BCUT2D eigenvalue weighted by molar-refractivity contribution is 0.513. The second-order valence-corrected chi connectivity index (χ2v) is 6.23. The number of imidazole rings is 1. The van der Waals surface area contributed by atoms with Crippen molar-refractivity contribution in [3.63, 3.8) is 0 Å². The maximum atomic E-state index is 4.35. The molecular formula is C13H21N5S. The maximum absolute atomic E-state index is 4.35. The first kappa shape index (κ1) is 14.3. The largest absolute Gasteiger partial charge is 0.341 e. The molecule has 0 spiro atoms. The van der Waals surface area contributed by atoms with E-state index in [0.29, 0.717) is 11.3 Å². The van der Waals surface area contributed by atoms with Crippen LogP contribution in [-0.4, -0.2) is 37.8 Å². The van der Waals surface area contributed by atoms with Gasteiger partial charge in [-0.1, -0.05) is 13.8 Å². The quantitative estimate of drug-likeness (QED) is 0.602. The molecule has 0 aromatic carbocycles. The monoisotopic (exact) mass is 279 g/mol. The number of thioether (sulfide) groups is 1.